The number of rotatable bonds is 6. The summed E-state index contributed by atoms with van der Waals surface area (Å²) in [6.45, 7) is -1.26. The second-order valence-electron chi connectivity index (χ2n) is 4.56. The van der Waals surface area contributed by atoms with Gasteiger partial charge in [-0.25, -0.2) is 8.42 Å². The average Bonchev–Trinajstić information content (AvgIpc) is 2.63. The molecule has 0 unspecified atom stereocenters. The first-order chi connectivity index (χ1) is 7.79. The van der Waals surface area contributed by atoms with E-state index in [1.54, 1.807) is 0 Å². The van der Waals surface area contributed by atoms with Gasteiger partial charge in [0, 0.05) is 6.54 Å². The molecule has 1 aliphatic rings. The van der Waals surface area contributed by atoms with E-state index in [-0.39, 0.29) is 24.0 Å². The van der Waals surface area contributed by atoms with Gasteiger partial charge < -0.3 is 5.32 Å². The summed E-state index contributed by atoms with van der Waals surface area (Å²) in [5.74, 6) is 0.128. The molecule has 1 saturated carbocycles. The Hall–Kier alpha value is -0.300. The Balaban J connectivity index is 2.20. The summed E-state index contributed by atoms with van der Waals surface area (Å²) in [7, 11) is -3.21. The minimum absolute atomic E-state index is 0.126. The lowest BCUT2D eigenvalue weighted by atomic mass is 10.1. The topological polar surface area (TPSA) is 46.2 Å². The number of hydrogen-bond acceptors (Lipinski definition) is 3. The predicted molar refractivity (Wildman–Crippen MR) is 59.5 cm³/mol. The zero-order valence-electron chi connectivity index (χ0n) is 9.59. The molecular formula is C10H18F3NO2S. The second kappa shape index (κ2) is 6.04. The summed E-state index contributed by atoms with van der Waals surface area (Å²) in [6, 6.07) is 0. The molecule has 0 amide bonds. The third-order valence-electron chi connectivity index (χ3n) is 2.88. The number of alkyl halides is 3. The molecule has 0 atom stereocenters. The summed E-state index contributed by atoms with van der Waals surface area (Å²) < 4.78 is 58.6. The molecular weight excluding hydrogens is 255 g/mol. The molecule has 3 nitrogen and oxygen atoms in total. The molecule has 1 aliphatic carbocycles. The third-order valence-corrected chi connectivity index (χ3v) is 4.69. The molecule has 0 bridgehead atoms. The van der Waals surface area contributed by atoms with Gasteiger partial charge in [-0.15, -0.1) is 0 Å². The van der Waals surface area contributed by atoms with Gasteiger partial charge in [-0.3, -0.25) is 0 Å². The standard InChI is InChI=1S/C10H18F3NO2S/c11-10(12,13)8-14-5-6-17(15,16)7-9-3-1-2-4-9/h9,14H,1-8H2. The zero-order chi connectivity index (χ0) is 12.9. The van der Waals surface area contributed by atoms with Crippen LogP contribution in [0.2, 0.25) is 0 Å². The van der Waals surface area contributed by atoms with Gasteiger partial charge >= 0.3 is 6.18 Å². The first-order valence-corrected chi connectivity index (χ1v) is 7.58. The Kier molecular flexibility index (Phi) is 5.24. The summed E-state index contributed by atoms with van der Waals surface area (Å²) in [5.41, 5.74) is 0. The predicted octanol–water partition coefficient (Wildman–Crippen LogP) is 1.74. The van der Waals surface area contributed by atoms with Gasteiger partial charge in [-0.2, -0.15) is 13.2 Å². The molecule has 0 aromatic rings. The number of halogens is 3. The van der Waals surface area contributed by atoms with Crippen LogP contribution in [0.15, 0.2) is 0 Å². The molecule has 0 aliphatic heterocycles. The Morgan fingerprint density at radius 1 is 1.18 bits per heavy atom. The van der Waals surface area contributed by atoms with Gasteiger partial charge in [0.2, 0.25) is 0 Å². The molecule has 0 aromatic carbocycles. The van der Waals surface area contributed by atoms with Crippen molar-refractivity contribution in [3.8, 4) is 0 Å². The largest absolute Gasteiger partial charge is 0.401 e. The lowest BCUT2D eigenvalue weighted by Gasteiger charge is -2.11. The van der Waals surface area contributed by atoms with Gasteiger partial charge in [-0.05, 0) is 18.8 Å². The highest BCUT2D eigenvalue weighted by molar-refractivity contribution is 7.91. The molecule has 1 rings (SSSR count). The first kappa shape index (κ1) is 14.8. The average molecular weight is 273 g/mol. The smallest absolute Gasteiger partial charge is 0.308 e. The van der Waals surface area contributed by atoms with Gasteiger partial charge in [0.05, 0.1) is 18.1 Å². The third kappa shape index (κ3) is 6.88. The van der Waals surface area contributed by atoms with Crippen molar-refractivity contribution in [3.05, 3.63) is 0 Å². The van der Waals surface area contributed by atoms with Crippen LogP contribution < -0.4 is 5.32 Å². The maximum atomic E-state index is 11.8. The highest BCUT2D eigenvalue weighted by Crippen LogP contribution is 2.26. The van der Waals surface area contributed by atoms with Crippen LogP contribution in [0.5, 0.6) is 0 Å². The lowest BCUT2D eigenvalue weighted by Crippen LogP contribution is -2.33. The summed E-state index contributed by atoms with van der Waals surface area (Å²) in [5, 5.41) is 2.10. The molecule has 0 spiro atoms. The van der Waals surface area contributed by atoms with Gasteiger partial charge in [0.25, 0.3) is 0 Å². The van der Waals surface area contributed by atoms with Crippen molar-refractivity contribution in [2.45, 2.75) is 31.9 Å². The maximum Gasteiger partial charge on any atom is 0.401 e. The molecule has 0 heterocycles. The molecule has 0 aromatic heterocycles. The van der Waals surface area contributed by atoms with E-state index in [9.17, 15) is 21.6 Å². The highest BCUT2D eigenvalue weighted by Gasteiger charge is 2.27. The van der Waals surface area contributed by atoms with Crippen molar-refractivity contribution in [2.24, 2.45) is 5.92 Å². The van der Waals surface area contributed by atoms with Crippen LogP contribution in [0.25, 0.3) is 0 Å². The molecule has 0 radical (unpaired) electrons. The van der Waals surface area contributed by atoms with E-state index in [2.05, 4.69) is 5.32 Å². The Morgan fingerprint density at radius 2 is 1.76 bits per heavy atom. The van der Waals surface area contributed by atoms with Crippen LogP contribution in [-0.2, 0) is 9.84 Å². The van der Waals surface area contributed by atoms with Crippen LogP contribution in [-0.4, -0.2) is 39.2 Å². The molecule has 17 heavy (non-hydrogen) atoms. The van der Waals surface area contributed by atoms with Crippen molar-refractivity contribution in [2.75, 3.05) is 24.6 Å². The minimum Gasteiger partial charge on any atom is -0.308 e. The van der Waals surface area contributed by atoms with Gasteiger partial charge in [0.15, 0.2) is 9.84 Å². The molecule has 1 N–H and O–H groups in total. The van der Waals surface area contributed by atoms with E-state index >= 15 is 0 Å². The Bertz CT molecular complexity index is 321. The fraction of sp³-hybridized carbons (Fsp3) is 1.00. The van der Waals surface area contributed by atoms with Gasteiger partial charge in [0.1, 0.15) is 0 Å². The molecule has 1 fully saturated rings. The van der Waals surface area contributed by atoms with Crippen molar-refractivity contribution >= 4 is 9.84 Å². The van der Waals surface area contributed by atoms with Crippen LogP contribution in [0, 0.1) is 5.92 Å². The van der Waals surface area contributed by atoms with E-state index in [0.29, 0.717) is 0 Å². The molecule has 102 valence electrons. The van der Waals surface area contributed by atoms with Crippen molar-refractivity contribution in [1.29, 1.82) is 0 Å². The minimum atomic E-state index is -4.28. The first-order valence-electron chi connectivity index (χ1n) is 5.76. The van der Waals surface area contributed by atoms with Crippen molar-refractivity contribution < 1.29 is 21.6 Å². The lowest BCUT2D eigenvalue weighted by molar-refractivity contribution is -0.124. The maximum absolute atomic E-state index is 11.8. The fourth-order valence-corrected chi connectivity index (χ4v) is 3.75. The number of nitrogens with one attached hydrogen (secondary N) is 1. The van der Waals surface area contributed by atoms with E-state index in [1.165, 1.54) is 0 Å². The summed E-state index contributed by atoms with van der Waals surface area (Å²) >= 11 is 0. The Labute approximate surface area is 99.7 Å². The van der Waals surface area contributed by atoms with Crippen LogP contribution in [0.4, 0.5) is 13.2 Å². The highest BCUT2D eigenvalue weighted by atomic mass is 32.2. The van der Waals surface area contributed by atoms with E-state index in [1.807, 2.05) is 0 Å². The molecule has 0 saturated heterocycles. The summed E-state index contributed by atoms with van der Waals surface area (Å²) in [6.07, 6.45) is -0.307. The van der Waals surface area contributed by atoms with Crippen molar-refractivity contribution in [1.82, 2.24) is 5.32 Å². The Morgan fingerprint density at radius 3 is 2.29 bits per heavy atom. The van der Waals surface area contributed by atoms with Crippen LogP contribution in [0.1, 0.15) is 25.7 Å². The number of hydrogen-bond donors (Lipinski definition) is 1. The van der Waals surface area contributed by atoms with E-state index in [0.717, 1.165) is 25.7 Å². The van der Waals surface area contributed by atoms with E-state index in [4.69, 9.17) is 0 Å². The van der Waals surface area contributed by atoms with E-state index < -0.39 is 22.6 Å². The summed E-state index contributed by atoms with van der Waals surface area (Å²) in [4.78, 5) is 0. The quantitative estimate of drug-likeness (QED) is 0.750. The number of sulfone groups is 1. The van der Waals surface area contributed by atoms with Crippen LogP contribution >= 0.6 is 0 Å². The molecule has 7 heteroatoms. The van der Waals surface area contributed by atoms with Gasteiger partial charge in [-0.1, -0.05) is 12.8 Å². The zero-order valence-corrected chi connectivity index (χ0v) is 10.4. The van der Waals surface area contributed by atoms with Crippen molar-refractivity contribution in [3.63, 3.8) is 0 Å². The fourth-order valence-electron chi connectivity index (χ4n) is 2.08. The second-order valence-corrected chi connectivity index (χ2v) is 6.79. The monoisotopic (exact) mass is 273 g/mol. The SMILES string of the molecule is O=S(=O)(CCNCC(F)(F)F)CC1CCCC1. The van der Waals surface area contributed by atoms with Crippen LogP contribution in [0.3, 0.4) is 0 Å². The normalized spacial score (nSPS) is 18.8.